The molecule has 0 aliphatic heterocycles. The summed E-state index contributed by atoms with van der Waals surface area (Å²) in [5, 5.41) is 8.95. The molecule has 1 rings (SSSR count). The van der Waals surface area contributed by atoms with Crippen LogP contribution >= 0.6 is 0 Å². The molecule has 0 aromatic heterocycles. The zero-order valence-electron chi connectivity index (χ0n) is 9.86. The van der Waals surface area contributed by atoms with Gasteiger partial charge in [-0.2, -0.15) is 0 Å². The van der Waals surface area contributed by atoms with E-state index < -0.39 is 5.97 Å². The molecule has 1 aromatic rings. The molecule has 1 N–H and O–H groups in total. The maximum absolute atomic E-state index is 10.9. The molecule has 0 amide bonds. The van der Waals surface area contributed by atoms with E-state index in [-0.39, 0.29) is 5.56 Å². The summed E-state index contributed by atoms with van der Waals surface area (Å²) >= 11 is 0. The van der Waals surface area contributed by atoms with Crippen molar-refractivity contribution in [2.75, 3.05) is 25.1 Å². The number of hydrogen-bond acceptors (Lipinski definition) is 3. The lowest BCUT2D eigenvalue weighted by Gasteiger charge is -2.21. The Kier molecular flexibility index (Phi) is 4.17. The van der Waals surface area contributed by atoms with Crippen LogP contribution in [0.1, 0.15) is 24.2 Å². The first-order valence-electron chi connectivity index (χ1n) is 5.30. The van der Waals surface area contributed by atoms with Crippen molar-refractivity contribution in [3.05, 3.63) is 23.8 Å². The number of ether oxygens (including phenoxy) is 1. The van der Waals surface area contributed by atoms with Gasteiger partial charge in [-0.05, 0) is 26.0 Å². The van der Waals surface area contributed by atoms with Gasteiger partial charge in [-0.1, -0.05) is 0 Å². The Labute approximate surface area is 95.5 Å². The topological polar surface area (TPSA) is 49.8 Å². The summed E-state index contributed by atoms with van der Waals surface area (Å²) in [7, 11) is 1.48. The normalized spacial score (nSPS) is 9.94. The predicted molar refractivity (Wildman–Crippen MR) is 63.5 cm³/mol. The standard InChI is InChI=1S/C12H17NO3/c1-4-13(5-2)9-6-7-10(12(14)15)11(8-9)16-3/h6-8H,4-5H2,1-3H3,(H,14,15). The van der Waals surface area contributed by atoms with Crippen LogP contribution in [0.2, 0.25) is 0 Å². The molecule has 0 saturated heterocycles. The molecule has 88 valence electrons. The van der Waals surface area contributed by atoms with E-state index in [4.69, 9.17) is 9.84 Å². The maximum atomic E-state index is 10.9. The summed E-state index contributed by atoms with van der Waals surface area (Å²) in [5.41, 5.74) is 1.17. The fourth-order valence-corrected chi connectivity index (χ4v) is 1.64. The fourth-order valence-electron chi connectivity index (χ4n) is 1.64. The van der Waals surface area contributed by atoms with Crippen molar-refractivity contribution in [1.82, 2.24) is 0 Å². The number of aromatic carboxylic acids is 1. The van der Waals surface area contributed by atoms with Gasteiger partial charge in [0.1, 0.15) is 11.3 Å². The number of carboxylic acids is 1. The Hall–Kier alpha value is -1.71. The lowest BCUT2D eigenvalue weighted by molar-refractivity contribution is 0.0693. The minimum atomic E-state index is -0.969. The van der Waals surface area contributed by atoms with Gasteiger partial charge in [0.2, 0.25) is 0 Å². The van der Waals surface area contributed by atoms with Gasteiger partial charge >= 0.3 is 5.97 Å². The van der Waals surface area contributed by atoms with Gasteiger partial charge in [-0.3, -0.25) is 0 Å². The Bertz CT molecular complexity index is 373. The molecule has 0 spiro atoms. The molecule has 4 nitrogen and oxygen atoms in total. The first kappa shape index (κ1) is 12.4. The van der Waals surface area contributed by atoms with Crippen molar-refractivity contribution < 1.29 is 14.6 Å². The highest BCUT2D eigenvalue weighted by Crippen LogP contribution is 2.25. The van der Waals surface area contributed by atoms with E-state index in [2.05, 4.69) is 18.7 Å². The second kappa shape index (κ2) is 5.39. The summed E-state index contributed by atoms with van der Waals surface area (Å²) in [6.45, 7) is 5.88. The third-order valence-corrected chi connectivity index (χ3v) is 2.54. The maximum Gasteiger partial charge on any atom is 0.339 e. The van der Waals surface area contributed by atoms with Crippen molar-refractivity contribution in [1.29, 1.82) is 0 Å². The predicted octanol–water partition coefficient (Wildman–Crippen LogP) is 2.24. The van der Waals surface area contributed by atoms with Crippen LogP contribution in [0.5, 0.6) is 5.75 Å². The molecule has 1 aromatic carbocycles. The molecule has 0 bridgehead atoms. The summed E-state index contributed by atoms with van der Waals surface area (Å²) in [6, 6.07) is 5.14. The van der Waals surface area contributed by atoms with E-state index in [1.54, 1.807) is 18.2 Å². The van der Waals surface area contributed by atoms with E-state index in [1.165, 1.54) is 7.11 Å². The third kappa shape index (κ3) is 2.45. The number of anilines is 1. The minimum Gasteiger partial charge on any atom is -0.496 e. The van der Waals surface area contributed by atoms with Crippen LogP contribution in [-0.2, 0) is 0 Å². The molecule has 0 unspecified atom stereocenters. The zero-order chi connectivity index (χ0) is 12.1. The number of carbonyl (C=O) groups is 1. The number of nitrogens with zero attached hydrogens (tertiary/aromatic N) is 1. The largest absolute Gasteiger partial charge is 0.496 e. The average Bonchev–Trinajstić information content (AvgIpc) is 2.30. The smallest absolute Gasteiger partial charge is 0.339 e. The van der Waals surface area contributed by atoms with Gasteiger partial charge < -0.3 is 14.7 Å². The van der Waals surface area contributed by atoms with Gasteiger partial charge in [0.05, 0.1) is 7.11 Å². The van der Waals surface area contributed by atoms with Crippen LogP contribution in [0.4, 0.5) is 5.69 Å². The van der Waals surface area contributed by atoms with Crippen molar-refractivity contribution in [3.63, 3.8) is 0 Å². The van der Waals surface area contributed by atoms with E-state index in [0.29, 0.717) is 5.75 Å². The minimum absolute atomic E-state index is 0.193. The highest BCUT2D eigenvalue weighted by molar-refractivity contribution is 5.91. The van der Waals surface area contributed by atoms with E-state index >= 15 is 0 Å². The molecule has 0 aliphatic rings. The van der Waals surface area contributed by atoms with Crippen molar-refractivity contribution in [3.8, 4) is 5.75 Å². The molecule has 0 radical (unpaired) electrons. The van der Waals surface area contributed by atoms with Crippen LogP contribution in [0, 0.1) is 0 Å². The second-order valence-corrected chi connectivity index (χ2v) is 3.36. The van der Waals surface area contributed by atoms with Crippen LogP contribution in [0.3, 0.4) is 0 Å². The van der Waals surface area contributed by atoms with Gasteiger partial charge in [-0.25, -0.2) is 4.79 Å². The average molecular weight is 223 g/mol. The molecule has 0 atom stereocenters. The Morgan fingerprint density at radius 1 is 1.38 bits per heavy atom. The molecule has 4 heteroatoms. The fraction of sp³-hybridized carbons (Fsp3) is 0.417. The third-order valence-electron chi connectivity index (χ3n) is 2.54. The molecular weight excluding hydrogens is 206 g/mol. The first-order valence-corrected chi connectivity index (χ1v) is 5.30. The Morgan fingerprint density at radius 2 is 2.00 bits per heavy atom. The zero-order valence-corrected chi connectivity index (χ0v) is 9.86. The van der Waals surface area contributed by atoms with Crippen LogP contribution in [-0.4, -0.2) is 31.3 Å². The molecule has 0 heterocycles. The monoisotopic (exact) mass is 223 g/mol. The summed E-state index contributed by atoms with van der Waals surface area (Å²) in [5.74, 6) is -0.570. The van der Waals surface area contributed by atoms with Crippen LogP contribution < -0.4 is 9.64 Å². The molecule has 0 fully saturated rings. The summed E-state index contributed by atoms with van der Waals surface area (Å²) < 4.78 is 5.08. The quantitative estimate of drug-likeness (QED) is 0.831. The number of carboxylic acid groups (broad SMARTS) is 1. The van der Waals surface area contributed by atoms with Crippen molar-refractivity contribution in [2.45, 2.75) is 13.8 Å². The summed E-state index contributed by atoms with van der Waals surface area (Å²) in [4.78, 5) is 13.0. The highest BCUT2D eigenvalue weighted by Gasteiger charge is 2.12. The first-order chi connectivity index (χ1) is 7.63. The van der Waals surface area contributed by atoms with Crippen LogP contribution in [0.15, 0.2) is 18.2 Å². The number of hydrogen-bond donors (Lipinski definition) is 1. The number of methoxy groups -OCH3 is 1. The van der Waals surface area contributed by atoms with Crippen molar-refractivity contribution in [2.24, 2.45) is 0 Å². The Balaban J connectivity index is 3.12. The highest BCUT2D eigenvalue weighted by atomic mass is 16.5. The SMILES string of the molecule is CCN(CC)c1ccc(C(=O)O)c(OC)c1. The van der Waals surface area contributed by atoms with Gasteiger partial charge in [0.25, 0.3) is 0 Å². The van der Waals surface area contributed by atoms with Gasteiger partial charge in [0, 0.05) is 24.8 Å². The molecular formula is C12H17NO3. The lowest BCUT2D eigenvalue weighted by atomic mass is 10.1. The van der Waals surface area contributed by atoms with E-state index in [1.807, 2.05) is 0 Å². The van der Waals surface area contributed by atoms with Crippen molar-refractivity contribution >= 4 is 11.7 Å². The lowest BCUT2D eigenvalue weighted by Crippen LogP contribution is -2.21. The second-order valence-electron chi connectivity index (χ2n) is 3.36. The molecule has 0 saturated carbocycles. The molecule has 0 aliphatic carbocycles. The van der Waals surface area contributed by atoms with Crippen LogP contribution in [0.25, 0.3) is 0 Å². The molecule has 16 heavy (non-hydrogen) atoms. The Morgan fingerprint density at radius 3 is 2.44 bits per heavy atom. The van der Waals surface area contributed by atoms with Gasteiger partial charge in [0.15, 0.2) is 0 Å². The number of rotatable bonds is 5. The summed E-state index contributed by atoms with van der Waals surface area (Å²) in [6.07, 6.45) is 0. The van der Waals surface area contributed by atoms with E-state index in [0.717, 1.165) is 18.8 Å². The number of benzene rings is 1. The van der Waals surface area contributed by atoms with Gasteiger partial charge in [-0.15, -0.1) is 0 Å². The van der Waals surface area contributed by atoms with E-state index in [9.17, 15) is 4.79 Å².